The van der Waals surface area contributed by atoms with Gasteiger partial charge in [0, 0.05) is 22.9 Å². The lowest BCUT2D eigenvalue weighted by atomic mass is 10.1. The number of nitro groups is 1. The predicted octanol–water partition coefficient (Wildman–Crippen LogP) is 3.34. The van der Waals surface area contributed by atoms with Crippen LogP contribution in [0, 0.1) is 17.0 Å². The van der Waals surface area contributed by atoms with Crippen LogP contribution in [0.1, 0.15) is 54.4 Å². The van der Waals surface area contributed by atoms with Crippen molar-refractivity contribution in [3.05, 3.63) is 39.4 Å². The zero-order valence-corrected chi connectivity index (χ0v) is 12.1. The molecule has 1 aliphatic rings. The van der Waals surface area contributed by atoms with Crippen molar-refractivity contribution < 1.29 is 9.72 Å². The van der Waals surface area contributed by atoms with E-state index in [4.69, 9.17) is 0 Å². The minimum atomic E-state index is -0.456. The molecule has 6 nitrogen and oxygen atoms in total. The molecular weight excluding hydrogens is 270 g/mol. The number of aryl methyl sites for hydroxylation is 1. The third-order valence-electron chi connectivity index (χ3n) is 3.65. The molecule has 1 saturated carbocycles. The van der Waals surface area contributed by atoms with Gasteiger partial charge in [-0.3, -0.25) is 14.9 Å². The van der Waals surface area contributed by atoms with Gasteiger partial charge in [-0.05, 0) is 44.7 Å². The first-order valence-corrected chi connectivity index (χ1v) is 7.19. The third-order valence-corrected chi connectivity index (χ3v) is 3.65. The number of hydrogen-bond donors (Lipinski definition) is 1. The molecule has 0 radical (unpaired) electrons. The number of amides is 1. The van der Waals surface area contributed by atoms with Gasteiger partial charge in [-0.15, -0.1) is 0 Å². The van der Waals surface area contributed by atoms with E-state index in [1.165, 1.54) is 31.0 Å². The Labute approximate surface area is 123 Å². The van der Waals surface area contributed by atoms with Crippen LogP contribution in [0.15, 0.2) is 23.3 Å². The smallest absolute Gasteiger partial charge is 0.267 e. The summed E-state index contributed by atoms with van der Waals surface area (Å²) in [6.07, 6.45) is 6.53. The number of nitrogens with one attached hydrogen (secondary N) is 1. The molecule has 0 saturated heterocycles. The van der Waals surface area contributed by atoms with E-state index in [9.17, 15) is 14.9 Å². The molecule has 0 heterocycles. The molecule has 0 unspecified atom stereocenters. The van der Waals surface area contributed by atoms with Crippen LogP contribution in [0.4, 0.5) is 5.69 Å². The first kappa shape index (κ1) is 15.2. The highest BCUT2D eigenvalue weighted by atomic mass is 16.6. The third kappa shape index (κ3) is 4.11. The van der Waals surface area contributed by atoms with Crippen molar-refractivity contribution >= 4 is 17.3 Å². The maximum absolute atomic E-state index is 12.0. The number of nitro benzene ring substituents is 1. The van der Waals surface area contributed by atoms with E-state index in [1.54, 1.807) is 6.92 Å². The van der Waals surface area contributed by atoms with Crippen LogP contribution in [0.5, 0.6) is 0 Å². The molecule has 1 aromatic rings. The highest BCUT2D eigenvalue weighted by Gasteiger charge is 2.14. The van der Waals surface area contributed by atoms with Crippen molar-refractivity contribution in [2.75, 3.05) is 0 Å². The zero-order valence-electron chi connectivity index (χ0n) is 12.1. The Hall–Kier alpha value is -2.24. The summed E-state index contributed by atoms with van der Waals surface area (Å²) in [5.41, 5.74) is 4.45. The second-order valence-corrected chi connectivity index (χ2v) is 5.29. The maximum Gasteiger partial charge on any atom is 0.272 e. The SMILES string of the molecule is Cc1cc(C(=O)NN=C2CCCCCC2)ccc1[N+](=O)[O-]. The molecule has 1 N–H and O–H groups in total. The summed E-state index contributed by atoms with van der Waals surface area (Å²) in [5.74, 6) is -0.329. The average molecular weight is 289 g/mol. The Morgan fingerprint density at radius 2 is 1.90 bits per heavy atom. The second kappa shape index (κ2) is 6.97. The molecule has 1 aromatic carbocycles. The van der Waals surface area contributed by atoms with Gasteiger partial charge in [0.2, 0.25) is 0 Å². The Kier molecular flexibility index (Phi) is 5.03. The van der Waals surface area contributed by atoms with Gasteiger partial charge in [0.1, 0.15) is 0 Å². The van der Waals surface area contributed by atoms with Gasteiger partial charge in [-0.25, -0.2) is 5.43 Å². The van der Waals surface area contributed by atoms with E-state index < -0.39 is 4.92 Å². The minimum absolute atomic E-state index is 0.0154. The van der Waals surface area contributed by atoms with Crippen molar-refractivity contribution in [3.63, 3.8) is 0 Å². The topological polar surface area (TPSA) is 84.6 Å². The first-order chi connectivity index (χ1) is 10.1. The Bertz CT molecular complexity index is 572. The second-order valence-electron chi connectivity index (χ2n) is 5.29. The summed E-state index contributed by atoms with van der Waals surface area (Å²) >= 11 is 0. The van der Waals surface area contributed by atoms with Crippen molar-refractivity contribution in [1.29, 1.82) is 0 Å². The number of rotatable bonds is 3. The van der Waals surface area contributed by atoms with Gasteiger partial charge < -0.3 is 0 Å². The molecule has 21 heavy (non-hydrogen) atoms. The fraction of sp³-hybridized carbons (Fsp3) is 0.467. The van der Waals surface area contributed by atoms with Crippen LogP contribution in [0.2, 0.25) is 0 Å². The van der Waals surface area contributed by atoms with E-state index >= 15 is 0 Å². The normalized spacial score (nSPS) is 15.2. The van der Waals surface area contributed by atoms with Crippen LogP contribution in [-0.2, 0) is 0 Å². The molecule has 112 valence electrons. The van der Waals surface area contributed by atoms with Gasteiger partial charge >= 0.3 is 0 Å². The Morgan fingerprint density at radius 1 is 1.24 bits per heavy atom. The predicted molar refractivity (Wildman–Crippen MR) is 80.4 cm³/mol. The van der Waals surface area contributed by atoms with Crippen LogP contribution in [-0.4, -0.2) is 16.5 Å². The number of hydrazone groups is 1. The van der Waals surface area contributed by atoms with Crippen LogP contribution in [0.25, 0.3) is 0 Å². The molecule has 0 aliphatic heterocycles. The minimum Gasteiger partial charge on any atom is -0.267 e. The highest BCUT2D eigenvalue weighted by Crippen LogP contribution is 2.19. The Morgan fingerprint density at radius 3 is 2.48 bits per heavy atom. The van der Waals surface area contributed by atoms with Gasteiger partial charge in [0.05, 0.1) is 4.92 Å². The van der Waals surface area contributed by atoms with Crippen molar-refractivity contribution in [2.24, 2.45) is 5.10 Å². The molecule has 1 amide bonds. The van der Waals surface area contributed by atoms with E-state index in [1.807, 2.05) is 0 Å². The lowest BCUT2D eigenvalue weighted by molar-refractivity contribution is -0.385. The molecule has 6 heteroatoms. The molecule has 1 fully saturated rings. The first-order valence-electron chi connectivity index (χ1n) is 7.19. The molecule has 1 aliphatic carbocycles. The molecule has 0 bridgehead atoms. The van der Waals surface area contributed by atoms with Crippen molar-refractivity contribution in [3.8, 4) is 0 Å². The van der Waals surface area contributed by atoms with E-state index in [2.05, 4.69) is 10.5 Å². The lowest BCUT2D eigenvalue weighted by Gasteiger charge is -2.05. The summed E-state index contributed by atoms with van der Waals surface area (Å²) in [7, 11) is 0. The molecule has 0 spiro atoms. The van der Waals surface area contributed by atoms with Crippen LogP contribution < -0.4 is 5.43 Å². The average Bonchev–Trinajstić information content (AvgIpc) is 2.72. The highest BCUT2D eigenvalue weighted by molar-refractivity contribution is 5.96. The summed E-state index contributed by atoms with van der Waals surface area (Å²) in [4.78, 5) is 22.3. The van der Waals surface area contributed by atoms with Crippen molar-refractivity contribution in [1.82, 2.24) is 5.43 Å². The number of carbonyl (C=O) groups is 1. The van der Waals surface area contributed by atoms with Gasteiger partial charge in [-0.1, -0.05) is 12.8 Å². The number of carbonyl (C=O) groups excluding carboxylic acids is 1. The van der Waals surface area contributed by atoms with Crippen LogP contribution >= 0.6 is 0 Å². The molecule has 0 aromatic heterocycles. The van der Waals surface area contributed by atoms with Crippen molar-refractivity contribution in [2.45, 2.75) is 45.4 Å². The largest absolute Gasteiger partial charge is 0.272 e. The Balaban J connectivity index is 2.04. The summed E-state index contributed by atoms with van der Waals surface area (Å²) in [5, 5.41) is 14.9. The molecule has 0 atom stereocenters. The number of nitrogens with zero attached hydrogens (tertiary/aromatic N) is 2. The van der Waals surface area contributed by atoms with E-state index in [-0.39, 0.29) is 11.6 Å². The molecule has 2 rings (SSSR count). The summed E-state index contributed by atoms with van der Waals surface area (Å²) in [6.45, 7) is 1.62. The van der Waals surface area contributed by atoms with Gasteiger partial charge in [0.25, 0.3) is 11.6 Å². The molecular formula is C15H19N3O3. The number of hydrogen-bond acceptors (Lipinski definition) is 4. The number of benzene rings is 1. The fourth-order valence-corrected chi connectivity index (χ4v) is 2.44. The quantitative estimate of drug-likeness (QED) is 0.526. The lowest BCUT2D eigenvalue weighted by Crippen LogP contribution is -2.19. The van der Waals surface area contributed by atoms with Gasteiger partial charge in [-0.2, -0.15) is 5.10 Å². The van der Waals surface area contributed by atoms with E-state index in [0.717, 1.165) is 31.4 Å². The van der Waals surface area contributed by atoms with Crippen LogP contribution in [0.3, 0.4) is 0 Å². The fourth-order valence-electron chi connectivity index (χ4n) is 2.44. The van der Waals surface area contributed by atoms with E-state index in [0.29, 0.717) is 11.1 Å². The standard InChI is InChI=1S/C15H19N3O3/c1-11-10-12(8-9-14(11)18(20)21)15(19)17-16-13-6-4-2-3-5-7-13/h8-10H,2-7H2,1H3,(H,17,19). The summed E-state index contributed by atoms with van der Waals surface area (Å²) in [6, 6.07) is 4.32. The maximum atomic E-state index is 12.0. The zero-order chi connectivity index (χ0) is 15.2. The summed E-state index contributed by atoms with van der Waals surface area (Å²) < 4.78 is 0. The van der Waals surface area contributed by atoms with Gasteiger partial charge in [0.15, 0.2) is 0 Å². The monoisotopic (exact) mass is 289 g/mol.